The van der Waals surface area contributed by atoms with Crippen LogP contribution in [0.3, 0.4) is 0 Å². The Balaban J connectivity index is 1.53. The molecular formula is C18H21N3O. The second-order valence-corrected chi connectivity index (χ2v) is 5.65. The van der Waals surface area contributed by atoms with Gasteiger partial charge in [0.2, 0.25) is 0 Å². The minimum Gasteiger partial charge on any atom is -0.356 e. The van der Waals surface area contributed by atoms with Crippen molar-refractivity contribution in [1.29, 1.82) is 0 Å². The molecule has 22 heavy (non-hydrogen) atoms. The van der Waals surface area contributed by atoms with E-state index in [1.807, 2.05) is 54.6 Å². The van der Waals surface area contributed by atoms with Crippen LogP contribution in [-0.4, -0.2) is 12.1 Å². The lowest BCUT2D eigenvalue weighted by molar-refractivity contribution is 0.248. The second kappa shape index (κ2) is 6.98. The van der Waals surface area contributed by atoms with Gasteiger partial charge in [0.05, 0.1) is 0 Å². The summed E-state index contributed by atoms with van der Waals surface area (Å²) in [5, 5.41) is 9.21. The molecule has 0 saturated heterocycles. The molecule has 0 aromatic heterocycles. The SMILES string of the molecule is O=C(Nc1ccc(Nc2ccccc2)cc1)NC1CCCC1. The van der Waals surface area contributed by atoms with Crippen molar-refractivity contribution in [2.45, 2.75) is 31.7 Å². The molecule has 1 aliphatic carbocycles. The summed E-state index contributed by atoms with van der Waals surface area (Å²) in [4.78, 5) is 11.9. The smallest absolute Gasteiger partial charge is 0.319 e. The molecule has 0 atom stereocenters. The molecule has 2 aromatic carbocycles. The Morgan fingerprint density at radius 1 is 0.818 bits per heavy atom. The number of para-hydroxylation sites is 1. The minimum absolute atomic E-state index is 0.115. The molecule has 0 bridgehead atoms. The molecule has 1 saturated carbocycles. The fourth-order valence-corrected chi connectivity index (χ4v) is 2.75. The largest absolute Gasteiger partial charge is 0.356 e. The van der Waals surface area contributed by atoms with E-state index in [4.69, 9.17) is 0 Å². The van der Waals surface area contributed by atoms with Crippen LogP contribution in [-0.2, 0) is 0 Å². The van der Waals surface area contributed by atoms with Crippen molar-refractivity contribution in [1.82, 2.24) is 5.32 Å². The standard InChI is InChI=1S/C18H21N3O/c22-18(20-15-8-4-5-9-15)21-17-12-10-16(11-13-17)19-14-6-2-1-3-7-14/h1-3,6-7,10-13,15,19H,4-5,8-9H2,(H2,20,21,22). The quantitative estimate of drug-likeness (QED) is 0.778. The molecule has 0 unspecified atom stereocenters. The van der Waals surface area contributed by atoms with Crippen LogP contribution >= 0.6 is 0 Å². The topological polar surface area (TPSA) is 53.2 Å². The average molecular weight is 295 g/mol. The molecule has 0 heterocycles. The highest BCUT2D eigenvalue weighted by atomic mass is 16.2. The van der Waals surface area contributed by atoms with E-state index in [1.54, 1.807) is 0 Å². The zero-order valence-electron chi connectivity index (χ0n) is 12.5. The number of nitrogens with one attached hydrogen (secondary N) is 3. The molecule has 4 heteroatoms. The summed E-state index contributed by atoms with van der Waals surface area (Å²) in [6.45, 7) is 0. The molecule has 2 aromatic rings. The van der Waals surface area contributed by atoms with Crippen molar-refractivity contribution in [2.75, 3.05) is 10.6 Å². The number of hydrogen-bond donors (Lipinski definition) is 3. The van der Waals surface area contributed by atoms with Gasteiger partial charge in [0.25, 0.3) is 0 Å². The highest BCUT2D eigenvalue weighted by molar-refractivity contribution is 5.89. The van der Waals surface area contributed by atoms with E-state index in [0.29, 0.717) is 6.04 Å². The van der Waals surface area contributed by atoms with E-state index in [1.165, 1.54) is 12.8 Å². The number of urea groups is 1. The number of amides is 2. The maximum atomic E-state index is 11.9. The van der Waals surface area contributed by atoms with E-state index in [0.717, 1.165) is 29.9 Å². The Kier molecular flexibility index (Phi) is 4.59. The Morgan fingerprint density at radius 2 is 1.41 bits per heavy atom. The van der Waals surface area contributed by atoms with E-state index < -0.39 is 0 Å². The lowest BCUT2D eigenvalue weighted by atomic mass is 10.2. The fourth-order valence-electron chi connectivity index (χ4n) is 2.75. The van der Waals surface area contributed by atoms with Gasteiger partial charge in [-0.05, 0) is 49.2 Å². The summed E-state index contributed by atoms with van der Waals surface area (Å²) in [6.07, 6.45) is 4.61. The molecule has 1 aliphatic rings. The Bertz CT molecular complexity index is 604. The molecule has 114 valence electrons. The van der Waals surface area contributed by atoms with Gasteiger partial charge in [-0.3, -0.25) is 0 Å². The van der Waals surface area contributed by atoms with E-state index in [2.05, 4.69) is 16.0 Å². The van der Waals surface area contributed by atoms with Crippen molar-refractivity contribution >= 4 is 23.1 Å². The maximum absolute atomic E-state index is 11.9. The molecule has 0 radical (unpaired) electrons. The van der Waals surface area contributed by atoms with Crippen molar-refractivity contribution in [3.8, 4) is 0 Å². The second-order valence-electron chi connectivity index (χ2n) is 5.65. The Morgan fingerprint density at radius 3 is 2.09 bits per heavy atom. The Labute approximate surface area is 130 Å². The predicted octanol–water partition coefficient (Wildman–Crippen LogP) is 4.49. The van der Waals surface area contributed by atoms with Crippen molar-refractivity contribution in [3.05, 3.63) is 54.6 Å². The van der Waals surface area contributed by atoms with Gasteiger partial charge < -0.3 is 16.0 Å². The third-order valence-corrected chi connectivity index (χ3v) is 3.90. The van der Waals surface area contributed by atoms with Gasteiger partial charge >= 0.3 is 6.03 Å². The van der Waals surface area contributed by atoms with Crippen LogP contribution in [0.5, 0.6) is 0 Å². The van der Waals surface area contributed by atoms with Gasteiger partial charge in [0, 0.05) is 23.1 Å². The maximum Gasteiger partial charge on any atom is 0.319 e. The highest BCUT2D eigenvalue weighted by Gasteiger charge is 2.16. The molecule has 0 aliphatic heterocycles. The number of rotatable bonds is 4. The van der Waals surface area contributed by atoms with Crippen LogP contribution in [0.2, 0.25) is 0 Å². The number of hydrogen-bond acceptors (Lipinski definition) is 2. The van der Waals surface area contributed by atoms with Crippen molar-refractivity contribution in [3.63, 3.8) is 0 Å². The van der Waals surface area contributed by atoms with E-state index in [9.17, 15) is 4.79 Å². The highest BCUT2D eigenvalue weighted by Crippen LogP contribution is 2.20. The normalized spacial score (nSPS) is 14.5. The number of anilines is 3. The number of benzene rings is 2. The monoisotopic (exact) mass is 295 g/mol. The molecule has 4 nitrogen and oxygen atoms in total. The number of carbonyl (C=O) groups excluding carboxylic acids is 1. The molecule has 1 fully saturated rings. The summed E-state index contributed by atoms with van der Waals surface area (Å²) >= 11 is 0. The lowest BCUT2D eigenvalue weighted by Gasteiger charge is -2.13. The molecule has 3 rings (SSSR count). The van der Waals surface area contributed by atoms with Gasteiger partial charge in [-0.2, -0.15) is 0 Å². The van der Waals surface area contributed by atoms with E-state index in [-0.39, 0.29) is 6.03 Å². The molecule has 0 spiro atoms. The summed E-state index contributed by atoms with van der Waals surface area (Å²) in [5.41, 5.74) is 2.84. The van der Waals surface area contributed by atoms with Gasteiger partial charge in [-0.15, -0.1) is 0 Å². The number of carbonyl (C=O) groups is 1. The van der Waals surface area contributed by atoms with Crippen LogP contribution in [0.25, 0.3) is 0 Å². The summed E-state index contributed by atoms with van der Waals surface area (Å²) in [7, 11) is 0. The summed E-state index contributed by atoms with van der Waals surface area (Å²) in [6, 6.07) is 17.9. The average Bonchev–Trinajstić information content (AvgIpc) is 3.03. The first-order valence-electron chi connectivity index (χ1n) is 7.79. The van der Waals surface area contributed by atoms with Gasteiger partial charge in [-0.25, -0.2) is 4.79 Å². The van der Waals surface area contributed by atoms with Gasteiger partial charge in [0.15, 0.2) is 0 Å². The molecule has 2 amide bonds. The van der Waals surface area contributed by atoms with Crippen LogP contribution in [0, 0.1) is 0 Å². The Hall–Kier alpha value is -2.49. The van der Waals surface area contributed by atoms with E-state index >= 15 is 0 Å². The summed E-state index contributed by atoms with van der Waals surface area (Å²) < 4.78 is 0. The summed E-state index contributed by atoms with van der Waals surface area (Å²) in [5.74, 6) is 0. The fraction of sp³-hybridized carbons (Fsp3) is 0.278. The minimum atomic E-state index is -0.115. The van der Waals surface area contributed by atoms with Crippen LogP contribution in [0.1, 0.15) is 25.7 Å². The molecule has 3 N–H and O–H groups in total. The third kappa shape index (κ3) is 4.01. The van der Waals surface area contributed by atoms with Gasteiger partial charge in [-0.1, -0.05) is 31.0 Å². The zero-order valence-corrected chi connectivity index (χ0v) is 12.5. The first-order chi connectivity index (χ1) is 10.8. The first kappa shape index (κ1) is 14.4. The predicted molar refractivity (Wildman–Crippen MR) is 90.6 cm³/mol. The molecular weight excluding hydrogens is 274 g/mol. The zero-order chi connectivity index (χ0) is 15.2. The van der Waals surface area contributed by atoms with Crippen molar-refractivity contribution < 1.29 is 4.79 Å². The van der Waals surface area contributed by atoms with Crippen LogP contribution in [0.15, 0.2) is 54.6 Å². The van der Waals surface area contributed by atoms with Crippen LogP contribution < -0.4 is 16.0 Å². The van der Waals surface area contributed by atoms with Crippen molar-refractivity contribution in [2.24, 2.45) is 0 Å². The van der Waals surface area contributed by atoms with Crippen LogP contribution in [0.4, 0.5) is 21.9 Å². The first-order valence-corrected chi connectivity index (χ1v) is 7.79. The lowest BCUT2D eigenvalue weighted by Crippen LogP contribution is -2.36. The van der Waals surface area contributed by atoms with Gasteiger partial charge in [0.1, 0.15) is 0 Å². The third-order valence-electron chi connectivity index (χ3n) is 3.90.